The molecule has 1 nitrogen and oxygen atoms in total. The van der Waals surface area contributed by atoms with Gasteiger partial charge in [-0.05, 0) is 52.4 Å². The highest BCUT2D eigenvalue weighted by molar-refractivity contribution is 9.10. The zero-order valence-electron chi connectivity index (χ0n) is 10.0. The maximum Gasteiger partial charge on any atom is 0.0327 e. The lowest BCUT2D eigenvalue weighted by Crippen LogP contribution is -2.18. The Labute approximate surface area is 115 Å². The minimum atomic E-state index is 0.380. The third-order valence-electron chi connectivity index (χ3n) is 2.91. The fourth-order valence-electron chi connectivity index (χ4n) is 1.88. The molecule has 17 heavy (non-hydrogen) atoms. The van der Waals surface area contributed by atoms with E-state index in [0.29, 0.717) is 6.04 Å². The van der Waals surface area contributed by atoms with Crippen molar-refractivity contribution in [2.24, 2.45) is 0 Å². The Kier molecular flexibility index (Phi) is 4.37. The Morgan fingerprint density at radius 2 is 2.06 bits per heavy atom. The van der Waals surface area contributed by atoms with Crippen molar-refractivity contribution in [2.75, 3.05) is 0 Å². The summed E-state index contributed by atoms with van der Waals surface area (Å²) in [6.07, 6.45) is 0. The predicted molar refractivity (Wildman–Crippen MR) is 78.5 cm³/mol. The van der Waals surface area contributed by atoms with Crippen molar-refractivity contribution in [1.82, 2.24) is 5.32 Å². The number of thiophene rings is 1. The lowest BCUT2D eigenvalue weighted by atomic mass is 10.0. The molecule has 90 valence electrons. The molecular weight excluding hydrogens is 294 g/mol. The minimum Gasteiger partial charge on any atom is -0.305 e. The summed E-state index contributed by atoms with van der Waals surface area (Å²) >= 11 is 5.34. The van der Waals surface area contributed by atoms with Gasteiger partial charge in [0.05, 0.1) is 0 Å². The number of hydrogen-bond acceptors (Lipinski definition) is 2. The Morgan fingerprint density at radius 1 is 1.29 bits per heavy atom. The second-order valence-corrected chi connectivity index (χ2v) is 6.01. The normalized spacial score (nSPS) is 12.6. The molecule has 0 radical (unpaired) electrons. The number of nitrogens with one attached hydrogen (secondary N) is 1. The second-order valence-electron chi connectivity index (χ2n) is 4.15. The van der Waals surface area contributed by atoms with Gasteiger partial charge in [0.2, 0.25) is 0 Å². The summed E-state index contributed by atoms with van der Waals surface area (Å²) in [7, 11) is 0. The molecule has 3 heteroatoms. The molecule has 0 spiro atoms. The van der Waals surface area contributed by atoms with Crippen LogP contribution in [0.2, 0.25) is 0 Å². The van der Waals surface area contributed by atoms with E-state index >= 15 is 0 Å². The van der Waals surface area contributed by atoms with Gasteiger partial charge < -0.3 is 5.32 Å². The van der Waals surface area contributed by atoms with Crippen LogP contribution in [0.5, 0.6) is 0 Å². The van der Waals surface area contributed by atoms with E-state index < -0.39 is 0 Å². The third kappa shape index (κ3) is 3.18. The monoisotopic (exact) mass is 309 g/mol. The van der Waals surface area contributed by atoms with Gasteiger partial charge in [-0.25, -0.2) is 0 Å². The van der Waals surface area contributed by atoms with Crippen LogP contribution in [0, 0.1) is 6.92 Å². The molecule has 1 N–H and O–H groups in total. The average molecular weight is 310 g/mol. The van der Waals surface area contributed by atoms with Crippen LogP contribution in [-0.4, -0.2) is 0 Å². The highest BCUT2D eigenvalue weighted by atomic mass is 79.9. The number of halogens is 1. The number of aryl methyl sites for hydroxylation is 1. The molecule has 1 aromatic heterocycles. The van der Waals surface area contributed by atoms with Crippen LogP contribution < -0.4 is 5.32 Å². The third-order valence-corrected chi connectivity index (χ3v) is 4.84. The summed E-state index contributed by atoms with van der Waals surface area (Å²) in [5, 5.41) is 5.67. The first kappa shape index (κ1) is 12.8. The molecular formula is C14H16BrNS. The molecule has 0 amide bonds. The first-order chi connectivity index (χ1) is 8.18. The van der Waals surface area contributed by atoms with Crippen molar-refractivity contribution in [3.63, 3.8) is 0 Å². The van der Waals surface area contributed by atoms with Gasteiger partial charge >= 0.3 is 0 Å². The summed E-state index contributed by atoms with van der Waals surface area (Å²) in [6.45, 7) is 5.28. The van der Waals surface area contributed by atoms with Crippen LogP contribution >= 0.6 is 27.3 Å². The molecule has 0 saturated carbocycles. The van der Waals surface area contributed by atoms with E-state index in [2.05, 4.69) is 70.8 Å². The van der Waals surface area contributed by atoms with Gasteiger partial charge in [-0.1, -0.05) is 24.3 Å². The Bertz CT molecular complexity index is 492. The molecule has 2 aromatic rings. The zero-order valence-corrected chi connectivity index (χ0v) is 12.4. The summed E-state index contributed by atoms with van der Waals surface area (Å²) in [5.74, 6) is 0. The molecule has 0 bridgehead atoms. The molecule has 0 aliphatic rings. The highest BCUT2D eigenvalue weighted by Crippen LogP contribution is 2.24. The summed E-state index contributed by atoms with van der Waals surface area (Å²) in [4.78, 5) is 1.35. The molecule has 1 unspecified atom stereocenters. The van der Waals surface area contributed by atoms with Crippen molar-refractivity contribution in [3.05, 3.63) is 56.2 Å². The van der Waals surface area contributed by atoms with Crippen molar-refractivity contribution in [3.8, 4) is 0 Å². The van der Waals surface area contributed by atoms with E-state index in [1.165, 1.54) is 20.5 Å². The van der Waals surface area contributed by atoms with Gasteiger partial charge in [0.1, 0.15) is 0 Å². The molecule has 1 atom stereocenters. The van der Waals surface area contributed by atoms with E-state index in [4.69, 9.17) is 0 Å². The van der Waals surface area contributed by atoms with Crippen molar-refractivity contribution >= 4 is 27.3 Å². The van der Waals surface area contributed by atoms with Gasteiger partial charge in [0, 0.05) is 21.9 Å². The lowest BCUT2D eigenvalue weighted by molar-refractivity contribution is 0.575. The van der Waals surface area contributed by atoms with E-state index in [1.54, 1.807) is 11.3 Å². The molecule has 0 aliphatic heterocycles. The van der Waals surface area contributed by atoms with Crippen LogP contribution in [-0.2, 0) is 6.54 Å². The Hall–Kier alpha value is -0.640. The topological polar surface area (TPSA) is 12.0 Å². The zero-order chi connectivity index (χ0) is 12.3. The highest BCUT2D eigenvalue weighted by Gasteiger charge is 2.08. The lowest BCUT2D eigenvalue weighted by Gasteiger charge is -2.16. The van der Waals surface area contributed by atoms with Gasteiger partial charge in [-0.3, -0.25) is 0 Å². The molecule has 0 saturated heterocycles. The van der Waals surface area contributed by atoms with E-state index in [9.17, 15) is 0 Å². The largest absolute Gasteiger partial charge is 0.305 e. The van der Waals surface area contributed by atoms with Crippen molar-refractivity contribution < 1.29 is 0 Å². The van der Waals surface area contributed by atoms with E-state index in [-0.39, 0.29) is 0 Å². The fourth-order valence-corrected chi connectivity index (χ4v) is 3.32. The quantitative estimate of drug-likeness (QED) is 0.865. The average Bonchev–Trinajstić information content (AvgIpc) is 2.72. The van der Waals surface area contributed by atoms with Crippen molar-refractivity contribution in [2.45, 2.75) is 26.4 Å². The Morgan fingerprint density at radius 3 is 2.71 bits per heavy atom. The van der Waals surface area contributed by atoms with Gasteiger partial charge in [-0.15, -0.1) is 11.3 Å². The van der Waals surface area contributed by atoms with Crippen LogP contribution in [0.15, 0.2) is 40.2 Å². The van der Waals surface area contributed by atoms with Crippen LogP contribution in [0.1, 0.15) is 29.0 Å². The molecule has 0 aliphatic carbocycles. The molecule has 2 rings (SSSR count). The minimum absolute atomic E-state index is 0.380. The summed E-state index contributed by atoms with van der Waals surface area (Å²) in [5.41, 5.74) is 2.72. The summed E-state index contributed by atoms with van der Waals surface area (Å²) < 4.78 is 1.20. The second kappa shape index (κ2) is 5.80. The van der Waals surface area contributed by atoms with E-state index in [1.807, 2.05) is 0 Å². The van der Waals surface area contributed by atoms with Crippen LogP contribution in [0.4, 0.5) is 0 Å². The van der Waals surface area contributed by atoms with Gasteiger partial charge in [0.15, 0.2) is 0 Å². The molecule has 1 heterocycles. The van der Waals surface area contributed by atoms with Crippen LogP contribution in [0.25, 0.3) is 0 Å². The SMILES string of the molecule is Cc1ccccc1C(C)NCc1sccc1Br. The maximum atomic E-state index is 3.56. The Balaban J connectivity index is 2.01. The number of benzene rings is 1. The smallest absolute Gasteiger partial charge is 0.0327 e. The predicted octanol–water partition coefficient (Wildman–Crippen LogP) is 4.67. The van der Waals surface area contributed by atoms with Crippen molar-refractivity contribution in [1.29, 1.82) is 0 Å². The molecule has 1 aromatic carbocycles. The summed E-state index contributed by atoms with van der Waals surface area (Å²) in [6, 6.07) is 11.0. The standard InChI is InChI=1S/C14H16BrNS/c1-10-5-3-4-6-12(10)11(2)16-9-14-13(15)7-8-17-14/h3-8,11,16H,9H2,1-2H3. The van der Waals surface area contributed by atoms with Gasteiger partial charge in [0.25, 0.3) is 0 Å². The molecule has 0 fully saturated rings. The maximum absolute atomic E-state index is 3.56. The number of hydrogen-bond donors (Lipinski definition) is 1. The first-order valence-corrected chi connectivity index (χ1v) is 7.36. The number of rotatable bonds is 4. The van der Waals surface area contributed by atoms with Crippen LogP contribution in [0.3, 0.4) is 0 Å². The fraction of sp³-hybridized carbons (Fsp3) is 0.286. The van der Waals surface area contributed by atoms with E-state index in [0.717, 1.165) is 6.54 Å². The first-order valence-electron chi connectivity index (χ1n) is 5.69. The van der Waals surface area contributed by atoms with Gasteiger partial charge in [-0.2, -0.15) is 0 Å².